The number of alkyl halides is 3. The van der Waals surface area contributed by atoms with Gasteiger partial charge in [0.2, 0.25) is 0 Å². The van der Waals surface area contributed by atoms with E-state index in [0.29, 0.717) is 20.8 Å². The SMILES string of the molecule is CCOC(=O)c1cnn(-c2cccc(-c3sc(C)c(Br)c3CO)n2)c1C(F)(F)F. The van der Waals surface area contributed by atoms with Gasteiger partial charge in [0.05, 0.1) is 30.0 Å². The zero-order valence-electron chi connectivity index (χ0n) is 15.2. The van der Waals surface area contributed by atoms with Crippen molar-refractivity contribution in [3.8, 4) is 16.4 Å². The van der Waals surface area contributed by atoms with E-state index in [2.05, 4.69) is 26.0 Å². The van der Waals surface area contributed by atoms with E-state index < -0.39 is 23.4 Å². The molecule has 0 bridgehead atoms. The summed E-state index contributed by atoms with van der Waals surface area (Å²) in [4.78, 5) is 17.8. The number of nitrogens with zero attached hydrogens (tertiary/aromatic N) is 3. The molecular weight excluding hydrogens is 475 g/mol. The maximum Gasteiger partial charge on any atom is 0.434 e. The highest BCUT2D eigenvalue weighted by atomic mass is 79.9. The second-order valence-corrected chi connectivity index (χ2v) is 7.87. The number of rotatable bonds is 5. The first kappa shape index (κ1) is 21.5. The topological polar surface area (TPSA) is 77.2 Å². The van der Waals surface area contributed by atoms with Crippen LogP contribution in [0.3, 0.4) is 0 Å². The van der Waals surface area contributed by atoms with Gasteiger partial charge < -0.3 is 9.84 Å². The molecule has 29 heavy (non-hydrogen) atoms. The largest absolute Gasteiger partial charge is 0.462 e. The van der Waals surface area contributed by atoms with Crippen molar-refractivity contribution in [3.63, 3.8) is 0 Å². The van der Waals surface area contributed by atoms with Gasteiger partial charge in [-0.2, -0.15) is 18.3 Å². The highest BCUT2D eigenvalue weighted by Crippen LogP contribution is 2.39. The monoisotopic (exact) mass is 489 g/mol. The molecule has 1 N–H and O–H groups in total. The van der Waals surface area contributed by atoms with Crippen molar-refractivity contribution in [3.05, 3.63) is 50.6 Å². The number of aryl methyl sites for hydroxylation is 1. The molecule has 0 radical (unpaired) electrons. The number of pyridine rings is 1. The van der Waals surface area contributed by atoms with Crippen LogP contribution in [0, 0.1) is 6.92 Å². The van der Waals surface area contributed by atoms with E-state index in [1.54, 1.807) is 6.07 Å². The lowest BCUT2D eigenvalue weighted by Gasteiger charge is -2.12. The number of ether oxygens (including phenoxy) is 1. The fraction of sp³-hybridized carbons (Fsp3) is 0.278. The van der Waals surface area contributed by atoms with Gasteiger partial charge in [-0.25, -0.2) is 14.5 Å². The molecule has 3 aromatic heterocycles. The molecule has 154 valence electrons. The number of hydrogen-bond donors (Lipinski definition) is 1. The van der Waals surface area contributed by atoms with Crippen LogP contribution in [0.4, 0.5) is 13.2 Å². The Bertz CT molecular complexity index is 1060. The molecule has 3 rings (SSSR count). The zero-order chi connectivity index (χ0) is 21.3. The molecule has 3 aromatic rings. The van der Waals surface area contributed by atoms with Crippen LogP contribution in [0.5, 0.6) is 0 Å². The van der Waals surface area contributed by atoms with E-state index in [4.69, 9.17) is 4.74 Å². The fourth-order valence-electron chi connectivity index (χ4n) is 2.74. The summed E-state index contributed by atoms with van der Waals surface area (Å²) in [5.74, 6) is -1.22. The van der Waals surface area contributed by atoms with E-state index >= 15 is 0 Å². The van der Waals surface area contributed by atoms with Gasteiger partial charge in [0.15, 0.2) is 11.5 Å². The van der Waals surface area contributed by atoms with Gasteiger partial charge in [0, 0.05) is 14.9 Å². The number of halogens is 4. The first-order chi connectivity index (χ1) is 13.7. The molecular formula is C18H15BrF3N3O3S. The van der Waals surface area contributed by atoms with Crippen LogP contribution in [0.1, 0.15) is 33.4 Å². The highest BCUT2D eigenvalue weighted by Gasteiger charge is 2.41. The van der Waals surface area contributed by atoms with Crippen LogP contribution in [0.2, 0.25) is 0 Å². The van der Waals surface area contributed by atoms with E-state index in [1.807, 2.05) is 6.92 Å². The Morgan fingerprint density at radius 2 is 2.10 bits per heavy atom. The molecule has 0 unspecified atom stereocenters. The standard InChI is InChI=1S/C18H15BrF3N3O3S/c1-3-28-17(27)10-7-23-25(16(10)18(20,21)22)13-6-4-5-12(24-13)15-11(8-26)14(19)9(2)29-15/h4-7,26H,3,8H2,1-2H3. The van der Waals surface area contributed by atoms with Gasteiger partial charge in [0.25, 0.3) is 0 Å². The fourth-order valence-corrected chi connectivity index (χ4v) is 4.47. The Morgan fingerprint density at radius 1 is 1.38 bits per heavy atom. The third-order valence-electron chi connectivity index (χ3n) is 3.98. The molecule has 0 fully saturated rings. The van der Waals surface area contributed by atoms with Crippen molar-refractivity contribution >= 4 is 33.2 Å². The molecule has 0 amide bonds. The average Bonchev–Trinajstić information content (AvgIpc) is 3.24. The summed E-state index contributed by atoms with van der Waals surface area (Å²) in [6, 6.07) is 4.52. The normalized spacial score (nSPS) is 11.7. The lowest BCUT2D eigenvalue weighted by atomic mass is 10.2. The zero-order valence-corrected chi connectivity index (χ0v) is 17.7. The molecule has 6 nitrogen and oxygen atoms in total. The van der Waals surface area contributed by atoms with Crippen molar-refractivity contribution in [1.29, 1.82) is 0 Å². The third-order valence-corrected chi connectivity index (χ3v) is 6.48. The number of aromatic nitrogens is 3. The van der Waals surface area contributed by atoms with Crippen LogP contribution in [0.25, 0.3) is 16.4 Å². The number of carbonyl (C=O) groups is 1. The predicted octanol–water partition coefficient (Wildman–Crippen LogP) is 4.75. The second kappa shape index (κ2) is 8.25. The van der Waals surface area contributed by atoms with E-state index in [-0.39, 0.29) is 19.0 Å². The molecule has 0 aliphatic rings. The molecule has 0 aliphatic carbocycles. The van der Waals surface area contributed by atoms with Crippen LogP contribution < -0.4 is 0 Å². The van der Waals surface area contributed by atoms with Crippen molar-refractivity contribution in [2.75, 3.05) is 6.61 Å². The number of carbonyl (C=O) groups excluding carboxylic acids is 1. The molecule has 0 saturated carbocycles. The molecule has 0 aliphatic heterocycles. The van der Waals surface area contributed by atoms with Gasteiger partial charge in [-0.15, -0.1) is 11.3 Å². The minimum absolute atomic E-state index is 0.0639. The summed E-state index contributed by atoms with van der Waals surface area (Å²) in [7, 11) is 0. The van der Waals surface area contributed by atoms with E-state index in [9.17, 15) is 23.1 Å². The minimum Gasteiger partial charge on any atom is -0.462 e. The summed E-state index contributed by atoms with van der Waals surface area (Å²) in [6.45, 7) is 3.03. The highest BCUT2D eigenvalue weighted by molar-refractivity contribution is 9.10. The Labute approximate surface area is 176 Å². The maximum absolute atomic E-state index is 13.7. The predicted molar refractivity (Wildman–Crippen MR) is 104 cm³/mol. The number of aliphatic hydroxyl groups excluding tert-OH is 1. The summed E-state index contributed by atoms with van der Waals surface area (Å²) < 4.78 is 47.1. The van der Waals surface area contributed by atoms with Crippen molar-refractivity contribution in [2.45, 2.75) is 26.6 Å². The summed E-state index contributed by atoms with van der Waals surface area (Å²) in [6.07, 6.45) is -4.03. The van der Waals surface area contributed by atoms with Gasteiger partial charge in [-0.1, -0.05) is 6.07 Å². The lowest BCUT2D eigenvalue weighted by Crippen LogP contribution is -2.19. The number of hydrogen-bond acceptors (Lipinski definition) is 6. The van der Waals surface area contributed by atoms with Crippen LogP contribution in [-0.2, 0) is 17.5 Å². The van der Waals surface area contributed by atoms with Gasteiger partial charge >= 0.3 is 12.1 Å². The number of esters is 1. The smallest absolute Gasteiger partial charge is 0.434 e. The van der Waals surface area contributed by atoms with Gasteiger partial charge in [0.1, 0.15) is 5.56 Å². The van der Waals surface area contributed by atoms with Crippen molar-refractivity contribution in [1.82, 2.24) is 14.8 Å². The molecule has 0 aromatic carbocycles. The van der Waals surface area contributed by atoms with Crippen LogP contribution in [-0.4, -0.2) is 32.4 Å². The van der Waals surface area contributed by atoms with Crippen LogP contribution >= 0.6 is 27.3 Å². The molecule has 0 atom stereocenters. The van der Waals surface area contributed by atoms with Crippen LogP contribution in [0.15, 0.2) is 28.9 Å². The summed E-state index contributed by atoms with van der Waals surface area (Å²) >= 11 is 4.75. The summed E-state index contributed by atoms with van der Waals surface area (Å²) in [5.41, 5.74) is -0.962. The Hall–Kier alpha value is -2.24. The van der Waals surface area contributed by atoms with E-state index in [0.717, 1.165) is 15.5 Å². The Balaban J connectivity index is 2.15. The lowest BCUT2D eigenvalue weighted by molar-refractivity contribution is -0.143. The number of aliphatic hydroxyl groups is 1. The average molecular weight is 490 g/mol. The first-order valence-corrected chi connectivity index (χ1v) is 9.98. The minimum atomic E-state index is -4.85. The number of thiophene rings is 1. The Kier molecular flexibility index (Phi) is 6.11. The Morgan fingerprint density at radius 3 is 2.72 bits per heavy atom. The second-order valence-electron chi connectivity index (χ2n) is 5.86. The summed E-state index contributed by atoms with van der Waals surface area (Å²) in [5, 5.41) is 13.4. The molecule has 0 spiro atoms. The molecule has 11 heteroatoms. The van der Waals surface area contributed by atoms with Gasteiger partial charge in [-0.3, -0.25) is 0 Å². The van der Waals surface area contributed by atoms with Gasteiger partial charge in [-0.05, 0) is 41.9 Å². The molecule has 0 saturated heterocycles. The third kappa shape index (κ3) is 4.07. The first-order valence-electron chi connectivity index (χ1n) is 8.37. The maximum atomic E-state index is 13.7. The quantitative estimate of drug-likeness (QED) is 0.523. The van der Waals surface area contributed by atoms with E-state index in [1.165, 1.54) is 30.4 Å². The van der Waals surface area contributed by atoms with Crippen molar-refractivity contribution < 1.29 is 27.8 Å². The molecule has 3 heterocycles. The van der Waals surface area contributed by atoms with Crippen molar-refractivity contribution in [2.24, 2.45) is 0 Å².